The number of benzene rings is 1. The van der Waals surface area contributed by atoms with Gasteiger partial charge >= 0.3 is 5.97 Å². The average Bonchev–Trinajstić information content (AvgIpc) is 3.66. The number of nitrogens with zero attached hydrogens (tertiary/aromatic N) is 5. The van der Waals surface area contributed by atoms with Gasteiger partial charge in [-0.1, -0.05) is 67.3 Å². The summed E-state index contributed by atoms with van der Waals surface area (Å²) in [5.74, 6) is -5.10. The van der Waals surface area contributed by atoms with Crippen molar-refractivity contribution in [3.8, 4) is 5.75 Å². The lowest BCUT2D eigenvalue weighted by Crippen LogP contribution is -2.60. The average molecular weight is 865 g/mol. The van der Waals surface area contributed by atoms with Crippen LogP contribution in [0, 0.1) is 11.8 Å². The maximum atomic E-state index is 14.1. The number of hydrogen-bond acceptors (Lipinski definition) is 9. The number of aliphatic carboxylic acids is 1. The number of carbonyl (C=O) groups excluding carboxylic acids is 5. The van der Waals surface area contributed by atoms with Crippen LogP contribution in [0.3, 0.4) is 0 Å². The Morgan fingerprint density at radius 2 is 1.61 bits per heavy atom. The summed E-state index contributed by atoms with van der Waals surface area (Å²) in [6, 6.07) is -0.835. The highest BCUT2D eigenvalue weighted by Gasteiger charge is 2.40. The van der Waals surface area contributed by atoms with Crippen LogP contribution in [0.15, 0.2) is 34.4 Å². The van der Waals surface area contributed by atoms with Crippen LogP contribution < -0.4 is 32.7 Å². The molecule has 1 aliphatic rings. The fourth-order valence-electron chi connectivity index (χ4n) is 6.36. The van der Waals surface area contributed by atoms with Gasteiger partial charge in [0.2, 0.25) is 29.5 Å². The lowest BCUT2D eigenvalue weighted by atomic mass is 9.96. The number of nitrogens with two attached hydrogens (primary N) is 2. The minimum atomic E-state index is -1.26. The molecule has 1 saturated heterocycles. The third-order valence-corrected chi connectivity index (χ3v) is 10.2. The number of aliphatic imine (C=N–C) groups is 1. The first-order valence-electron chi connectivity index (χ1n) is 19.2. The molecular weight excluding hydrogens is 806 g/mol. The zero-order valence-corrected chi connectivity index (χ0v) is 34.6. The van der Waals surface area contributed by atoms with Crippen LogP contribution in [-0.2, 0) is 35.2 Å². The zero-order chi connectivity index (χ0) is 42.7. The summed E-state index contributed by atoms with van der Waals surface area (Å²) in [5, 5.41) is 34.5. The van der Waals surface area contributed by atoms with E-state index in [2.05, 4.69) is 52.2 Å². The molecule has 1 aliphatic heterocycles. The minimum absolute atomic E-state index is 0.0133. The Labute approximate surface area is 341 Å². The van der Waals surface area contributed by atoms with Crippen molar-refractivity contribution in [1.82, 2.24) is 26.2 Å². The second-order valence-corrected chi connectivity index (χ2v) is 15.4. The standard InChI is InChI=1S/C37H58BrN11O8/c1-5-22(4)30(34(54)45-28(36(56)57)19-21(2)3)46-32(52)27(20-23-12-14-24(50)15-13-23)44-33(53)29-11-8-18-49(29)35(55)26(10-7-17-42-37(39)40)43-31(51)25(47-48-41)9-6-16-38/h12-15,21-22,25-30,50H,5-11,16-20H2,1-4H3,(H,43,51)(H,44,53)(H,45,54)(H,46,52)(H,56,57)(H4,39,40,42)/t22-,25-,26-,27-,28-,29-,30-/m0/s1. The SMILES string of the molecule is CC[C@H](C)[C@H](NC(=O)[C@H](Cc1ccc(O)cc1)NC(=O)[C@@H]1CCCN1C(=O)[C@H](CCCN=C(N)N)NC(=O)[C@H](CCCBr)N=[N+]=[N-])C(=O)N[C@@H](CC(C)C)C(=O)O. The molecule has 57 heavy (non-hydrogen) atoms. The Bertz CT molecular complexity index is 1600. The van der Waals surface area contributed by atoms with E-state index in [-0.39, 0.29) is 69.2 Å². The van der Waals surface area contributed by atoms with Crippen molar-refractivity contribution in [2.45, 2.75) is 122 Å². The van der Waals surface area contributed by atoms with Crippen molar-refractivity contribution in [2.75, 3.05) is 18.4 Å². The lowest BCUT2D eigenvalue weighted by molar-refractivity contribution is -0.143. The number of halogens is 1. The van der Waals surface area contributed by atoms with Gasteiger partial charge in [-0.3, -0.25) is 29.0 Å². The summed E-state index contributed by atoms with van der Waals surface area (Å²) in [7, 11) is 0. The van der Waals surface area contributed by atoms with Crippen LogP contribution in [0.4, 0.5) is 0 Å². The van der Waals surface area contributed by atoms with E-state index >= 15 is 0 Å². The first-order valence-corrected chi connectivity index (χ1v) is 20.3. The van der Waals surface area contributed by atoms with Gasteiger partial charge < -0.3 is 47.8 Å². The summed E-state index contributed by atoms with van der Waals surface area (Å²) < 4.78 is 0. The minimum Gasteiger partial charge on any atom is -0.508 e. The predicted octanol–water partition coefficient (Wildman–Crippen LogP) is 1.95. The van der Waals surface area contributed by atoms with Gasteiger partial charge in [0.1, 0.15) is 42.0 Å². The third-order valence-electron chi connectivity index (χ3n) is 9.63. The predicted molar refractivity (Wildman–Crippen MR) is 217 cm³/mol. The third kappa shape index (κ3) is 16.1. The quantitative estimate of drug-likeness (QED) is 0.0142. The molecule has 2 rings (SSSR count). The van der Waals surface area contributed by atoms with E-state index in [9.17, 15) is 39.0 Å². The van der Waals surface area contributed by atoms with Crippen LogP contribution in [0.1, 0.15) is 84.6 Å². The monoisotopic (exact) mass is 863 g/mol. The van der Waals surface area contributed by atoms with E-state index in [1.165, 1.54) is 17.0 Å². The van der Waals surface area contributed by atoms with Gasteiger partial charge in [-0.2, -0.15) is 0 Å². The van der Waals surface area contributed by atoms with Gasteiger partial charge in [-0.25, -0.2) is 4.79 Å². The summed E-state index contributed by atoms with van der Waals surface area (Å²) in [6.45, 7) is 7.54. The zero-order valence-electron chi connectivity index (χ0n) is 33.0. The molecule has 0 aliphatic carbocycles. The highest BCUT2D eigenvalue weighted by molar-refractivity contribution is 9.09. The van der Waals surface area contributed by atoms with E-state index in [4.69, 9.17) is 17.0 Å². The van der Waals surface area contributed by atoms with Crippen molar-refractivity contribution in [3.63, 3.8) is 0 Å². The second kappa shape index (κ2) is 24.5. The topological polar surface area (TPSA) is 307 Å². The van der Waals surface area contributed by atoms with E-state index in [1.54, 1.807) is 19.1 Å². The number of alkyl halides is 1. The largest absolute Gasteiger partial charge is 0.508 e. The number of amides is 5. The lowest BCUT2D eigenvalue weighted by Gasteiger charge is -2.31. The Balaban J connectivity index is 2.41. The molecule has 0 spiro atoms. The van der Waals surface area contributed by atoms with Crippen molar-refractivity contribution in [3.05, 3.63) is 40.3 Å². The smallest absolute Gasteiger partial charge is 0.326 e. The molecule has 0 aromatic heterocycles. The number of likely N-dealkylation sites (tertiary alicyclic amines) is 1. The van der Waals surface area contributed by atoms with Gasteiger partial charge in [0.05, 0.1) is 0 Å². The Morgan fingerprint density at radius 1 is 0.947 bits per heavy atom. The van der Waals surface area contributed by atoms with E-state index in [0.29, 0.717) is 30.2 Å². The molecule has 0 radical (unpaired) electrons. The Kier molecular flexibility index (Phi) is 20.7. The molecule has 7 atom stereocenters. The number of hydrogen-bond donors (Lipinski definition) is 8. The van der Waals surface area contributed by atoms with Crippen molar-refractivity contribution in [1.29, 1.82) is 0 Å². The molecule has 1 aromatic rings. The summed E-state index contributed by atoms with van der Waals surface area (Å²) >= 11 is 3.29. The first kappa shape index (κ1) is 48.0. The van der Waals surface area contributed by atoms with E-state index in [0.717, 1.165) is 0 Å². The van der Waals surface area contributed by atoms with E-state index < -0.39 is 77.7 Å². The number of aromatic hydroxyl groups is 1. The molecule has 0 saturated carbocycles. The number of carbonyl (C=O) groups is 6. The van der Waals surface area contributed by atoms with Gasteiger partial charge in [0, 0.05) is 29.8 Å². The number of carboxylic acid groups (broad SMARTS) is 1. The number of guanidine groups is 1. The molecule has 5 amide bonds. The van der Waals surface area contributed by atoms with Crippen molar-refractivity contribution >= 4 is 57.4 Å². The number of rotatable bonds is 24. The number of phenols is 1. The van der Waals surface area contributed by atoms with Crippen LogP contribution in [0.2, 0.25) is 0 Å². The number of carboxylic acids is 1. The van der Waals surface area contributed by atoms with Crippen molar-refractivity contribution < 1.29 is 39.0 Å². The maximum absolute atomic E-state index is 14.1. The van der Waals surface area contributed by atoms with Gasteiger partial charge in [-0.15, -0.1) is 0 Å². The summed E-state index contributed by atoms with van der Waals surface area (Å²) in [6.07, 6.45) is 2.40. The molecule has 1 heterocycles. The van der Waals surface area contributed by atoms with Crippen LogP contribution >= 0.6 is 15.9 Å². The summed E-state index contributed by atoms with van der Waals surface area (Å²) in [4.78, 5) is 89.1. The summed E-state index contributed by atoms with van der Waals surface area (Å²) in [5.41, 5.74) is 20.5. The maximum Gasteiger partial charge on any atom is 0.326 e. The highest BCUT2D eigenvalue weighted by Crippen LogP contribution is 2.21. The van der Waals surface area contributed by atoms with Gasteiger partial charge in [0.15, 0.2) is 5.96 Å². The fourth-order valence-corrected chi connectivity index (χ4v) is 6.69. The second-order valence-electron chi connectivity index (χ2n) is 14.6. The molecule has 1 fully saturated rings. The van der Waals surface area contributed by atoms with E-state index in [1.807, 2.05) is 20.8 Å². The molecule has 316 valence electrons. The number of azide groups is 1. The molecule has 20 heteroatoms. The Hall–Kier alpha value is -5.10. The highest BCUT2D eigenvalue weighted by atomic mass is 79.9. The Morgan fingerprint density at radius 3 is 2.19 bits per heavy atom. The normalized spacial score (nSPS) is 16.8. The van der Waals surface area contributed by atoms with Crippen LogP contribution in [-0.4, -0.2) is 111 Å². The first-order chi connectivity index (χ1) is 27.0. The van der Waals surface area contributed by atoms with Gasteiger partial charge in [-0.05, 0) is 80.0 Å². The van der Waals surface area contributed by atoms with Crippen molar-refractivity contribution in [2.24, 2.45) is 33.4 Å². The molecule has 1 aromatic carbocycles. The number of phenolic OH excluding ortho intramolecular Hbond substituents is 1. The van der Waals surface area contributed by atoms with Crippen LogP contribution in [0.25, 0.3) is 10.4 Å². The fraction of sp³-hybridized carbons (Fsp3) is 0.649. The van der Waals surface area contributed by atoms with Crippen LogP contribution in [0.5, 0.6) is 5.75 Å². The molecule has 0 unspecified atom stereocenters. The molecule has 10 N–H and O–H groups in total. The molecule has 0 bridgehead atoms. The van der Waals surface area contributed by atoms with Gasteiger partial charge in [0.25, 0.3) is 0 Å². The molecule has 19 nitrogen and oxygen atoms in total. The number of nitrogens with one attached hydrogen (secondary N) is 4. The molecular formula is C37H58BrN11O8.